The van der Waals surface area contributed by atoms with Crippen LogP contribution in [0.2, 0.25) is 0 Å². The Morgan fingerprint density at radius 3 is 2.75 bits per heavy atom. The second kappa shape index (κ2) is 7.54. The fourth-order valence-electron chi connectivity index (χ4n) is 3.62. The van der Waals surface area contributed by atoms with Gasteiger partial charge in [0, 0.05) is 12.1 Å². The summed E-state index contributed by atoms with van der Waals surface area (Å²) in [5.74, 6) is 0.309. The molecular weight excluding hydrogens is 472 g/mol. The molecule has 2 N–H and O–H groups in total. The number of hydrogen-bond acceptors (Lipinski definition) is 2. The van der Waals surface area contributed by atoms with Crippen LogP contribution in [-0.2, 0) is 0 Å². The highest BCUT2D eigenvalue weighted by Gasteiger charge is 2.31. The summed E-state index contributed by atoms with van der Waals surface area (Å²) in [6.45, 7) is 2.52. The van der Waals surface area contributed by atoms with Gasteiger partial charge in [-0.25, -0.2) is 14.2 Å². The first-order valence-electron chi connectivity index (χ1n) is 9.05. The smallest absolute Gasteiger partial charge is 0.407 e. The average molecular weight is 491 g/mol. The second-order valence-corrected chi connectivity index (χ2v) is 8.08. The van der Waals surface area contributed by atoms with E-state index >= 15 is 0 Å². The molecule has 7 heteroatoms. The quantitative estimate of drug-likeness (QED) is 0.468. The molecule has 0 saturated carbocycles. The molecule has 5 nitrogen and oxygen atoms in total. The normalized spacial score (nSPS) is 16.5. The van der Waals surface area contributed by atoms with Crippen LogP contribution in [0.5, 0.6) is 0 Å². The monoisotopic (exact) mass is 491 g/mol. The standard InChI is InChI=1S/C21H19FIN3O2/c1-12-4-6-13(7-5-12)15-9-14(10-16(22)19(15)23)17-11-24-20(25-17)18-3-2-8-26(18)21(27)28/h4-7,9-11,18H,2-3,8H2,1H3,(H,24,25)(H,27,28)/t18-/m0/s1. The van der Waals surface area contributed by atoms with E-state index in [1.807, 2.05) is 59.8 Å². The van der Waals surface area contributed by atoms with Crippen molar-refractivity contribution in [1.29, 1.82) is 0 Å². The van der Waals surface area contributed by atoms with Gasteiger partial charge in [0.15, 0.2) is 0 Å². The van der Waals surface area contributed by atoms with Gasteiger partial charge in [-0.2, -0.15) is 0 Å². The van der Waals surface area contributed by atoms with Gasteiger partial charge in [0.05, 0.1) is 21.5 Å². The van der Waals surface area contributed by atoms with Crippen LogP contribution in [0.15, 0.2) is 42.6 Å². The first-order chi connectivity index (χ1) is 13.4. The zero-order valence-corrected chi connectivity index (χ0v) is 17.4. The molecule has 1 atom stereocenters. The number of halogens is 2. The second-order valence-electron chi connectivity index (χ2n) is 7.00. The molecule has 0 unspecified atom stereocenters. The number of H-pyrrole nitrogens is 1. The minimum absolute atomic E-state index is 0.281. The number of benzene rings is 2. The van der Waals surface area contributed by atoms with Gasteiger partial charge in [-0.15, -0.1) is 0 Å². The first-order valence-corrected chi connectivity index (χ1v) is 10.1. The van der Waals surface area contributed by atoms with Crippen molar-refractivity contribution in [3.63, 3.8) is 0 Å². The van der Waals surface area contributed by atoms with Gasteiger partial charge in [0.2, 0.25) is 0 Å². The van der Waals surface area contributed by atoms with E-state index in [4.69, 9.17) is 0 Å². The Hall–Kier alpha value is -2.42. The van der Waals surface area contributed by atoms with E-state index in [1.54, 1.807) is 6.20 Å². The van der Waals surface area contributed by atoms with E-state index in [9.17, 15) is 14.3 Å². The molecule has 2 aromatic carbocycles. The summed E-state index contributed by atoms with van der Waals surface area (Å²) in [5, 5.41) is 9.35. The third-order valence-corrected chi connectivity index (χ3v) is 6.21. The first kappa shape index (κ1) is 18.9. The lowest BCUT2D eigenvalue weighted by Crippen LogP contribution is -2.29. The molecular formula is C21H19FIN3O2. The minimum atomic E-state index is -0.942. The Labute approximate surface area is 175 Å². The van der Waals surface area contributed by atoms with E-state index in [-0.39, 0.29) is 11.9 Å². The molecule has 0 radical (unpaired) electrons. The highest BCUT2D eigenvalue weighted by Crippen LogP contribution is 2.34. The third kappa shape index (κ3) is 3.50. The van der Waals surface area contributed by atoms with Gasteiger partial charge >= 0.3 is 6.09 Å². The van der Waals surface area contributed by atoms with Gasteiger partial charge in [-0.1, -0.05) is 29.8 Å². The Balaban J connectivity index is 1.71. The van der Waals surface area contributed by atoms with Crippen molar-refractivity contribution < 1.29 is 14.3 Å². The molecule has 1 saturated heterocycles. The molecule has 0 bridgehead atoms. The molecule has 28 heavy (non-hydrogen) atoms. The fourth-order valence-corrected chi connectivity index (χ4v) is 4.24. The highest BCUT2D eigenvalue weighted by atomic mass is 127. The largest absolute Gasteiger partial charge is 0.465 e. The lowest BCUT2D eigenvalue weighted by Gasteiger charge is -2.19. The van der Waals surface area contributed by atoms with Gasteiger partial charge in [-0.05, 0) is 65.6 Å². The summed E-state index contributed by atoms with van der Waals surface area (Å²) in [4.78, 5) is 20.4. The van der Waals surface area contributed by atoms with Crippen LogP contribution in [0.4, 0.5) is 9.18 Å². The molecule has 4 rings (SSSR count). The number of aromatic nitrogens is 2. The topological polar surface area (TPSA) is 69.2 Å². The zero-order valence-electron chi connectivity index (χ0n) is 15.2. The maximum Gasteiger partial charge on any atom is 0.407 e. The Morgan fingerprint density at radius 1 is 1.29 bits per heavy atom. The summed E-state index contributed by atoms with van der Waals surface area (Å²) >= 11 is 2.03. The van der Waals surface area contributed by atoms with Crippen LogP contribution in [-0.4, -0.2) is 32.6 Å². The molecule has 2 heterocycles. The molecule has 1 aliphatic heterocycles. The molecule has 0 spiro atoms. The van der Waals surface area contributed by atoms with Crippen molar-refractivity contribution in [2.45, 2.75) is 25.8 Å². The number of aryl methyl sites for hydroxylation is 1. The average Bonchev–Trinajstić information content (AvgIpc) is 3.33. The van der Waals surface area contributed by atoms with Crippen molar-refractivity contribution in [2.24, 2.45) is 0 Å². The van der Waals surface area contributed by atoms with Gasteiger partial charge < -0.3 is 10.1 Å². The van der Waals surface area contributed by atoms with Gasteiger partial charge in [0.25, 0.3) is 0 Å². The molecule has 1 amide bonds. The number of carbonyl (C=O) groups is 1. The lowest BCUT2D eigenvalue weighted by molar-refractivity contribution is 0.139. The van der Waals surface area contributed by atoms with E-state index in [0.29, 0.717) is 27.2 Å². The molecule has 1 aliphatic rings. The third-order valence-electron chi connectivity index (χ3n) is 5.11. The summed E-state index contributed by atoms with van der Waals surface area (Å²) < 4.78 is 15.2. The fraction of sp³-hybridized carbons (Fsp3) is 0.238. The molecule has 0 aliphatic carbocycles. The Bertz CT molecular complexity index is 1030. The maximum absolute atomic E-state index is 14.6. The maximum atomic E-state index is 14.6. The van der Waals surface area contributed by atoms with Crippen molar-refractivity contribution in [1.82, 2.24) is 14.9 Å². The number of nitrogens with zero attached hydrogens (tertiary/aromatic N) is 2. The predicted octanol–water partition coefficient (Wildman–Crippen LogP) is 5.61. The molecule has 144 valence electrons. The zero-order chi connectivity index (χ0) is 19.8. The van der Waals surface area contributed by atoms with Crippen molar-refractivity contribution >= 4 is 28.7 Å². The van der Waals surface area contributed by atoms with E-state index < -0.39 is 6.09 Å². The number of nitrogens with one attached hydrogen (secondary N) is 1. The number of likely N-dealkylation sites (tertiary alicyclic amines) is 1. The predicted molar refractivity (Wildman–Crippen MR) is 114 cm³/mol. The number of hydrogen-bond donors (Lipinski definition) is 2. The van der Waals surface area contributed by atoms with Crippen molar-refractivity contribution in [3.05, 3.63) is 63.4 Å². The van der Waals surface area contributed by atoms with Crippen molar-refractivity contribution in [3.8, 4) is 22.4 Å². The molecule has 1 fully saturated rings. The summed E-state index contributed by atoms with van der Waals surface area (Å²) in [6.07, 6.45) is 2.24. The number of rotatable bonds is 3. The van der Waals surface area contributed by atoms with E-state index in [0.717, 1.165) is 29.5 Å². The number of amides is 1. The Morgan fingerprint density at radius 2 is 2.04 bits per heavy atom. The number of carboxylic acid groups (broad SMARTS) is 1. The molecule has 1 aromatic heterocycles. The Kier molecular flexibility index (Phi) is 5.09. The van der Waals surface area contributed by atoms with Crippen LogP contribution in [0.25, 0.3) is 22.4 Å². The number of imidazole rings is 1. The van der Waals surface area contributed by atoms with Gasteiger partial charge in [0.1, 0.15) is 11.6 Å². The highest BCUT2D eigenvalue weighted by molar-refractivity contribution is 14.1. The number of aromatic amines is 1. The van der Waals surface area contributed by atoms with Crippen molar-refractivity contribution in [2.75, 3.05) is 6.54 Å². The minimum Gasteiger partial charge on any atom is -0.465 e. The van der Waals surface area contributed by atoms with Gasteiger partial charge in [-0.3, -0.25) is 4.90 Å². The molecule has 3 aromatic rings. The summed E-state index contributed by atoms with van der Waals surface area (Å²) in [6, 6.07) is 11.1. The van der Waals surface area contributed by atoms with Crippen LogP contribution in [0.3, 0.4) is 0 Å². The lowest BCUT2D eigenvalue weighted by atomic mass is 10.0. The summed E-state index contributed by atoms with van der Waals surface area (Å²) in [5.41, 5.74) is 4.28. The van der Waals surface area contributed by atoms with Crippen LogP contribution in [0.1, 0.15) is 30.3 Å². The SMILES string of the molecule is Cc1ccc(-c2cc(-c3cnc([C@@H]4CCCN4C(=O)O)[nH]3)cc(F)c2I)cc1. The van der Waals surface area contributed by atoms with E-state index in [1.165, 1.54) is 11.0 Å². The van der Waals surface area contributed by atoms with Crippen LogP contribution >= 0.6 is 22.6 Å². The summed E-state index contributed by atoms with van der Waals surface area (Å²) in [7, 11) is 0. The van der Waals surface area contributed by atoms with Crippen LogP contribution in [0, 0.1) is 16.3 Å². The van der Waals surface area contributed by atoms with E-state index in [2.05, 4.69) is 9.97 Å². The van der Waals surface area contributed by atoms with Crippen LogP contribution < -0.4 is 0 Å².